The van der Waals surface area contributed by atoms with E-state index in [0.717, 1.165) is 50.6 Å². The zero-order valence-corrected chi connectivity index (χ0v) is 38.7. The highest BCUT2D eigenvalue weighted by molar-refractivity contribution is 6.07. The molecular weight excluding hydrogens is 903 g/mol. The van der Waals surface area contributed by atoms with Crippen molar-refractivity contribution in [1.29, 1.82) is 0 Å². The topological polar surface area (TPSA) is 197 Å². The second-order valence-electron chi connectivity index (χ2n) is 19.5. The number of likely N-dealkylation sites (tertiary alicyclic amines) is 1. The zero-order valence-electron chi connectivity index (χ0n) is 38.7. The molecule has 2 bridgehead atoms. The number of nitrogens with one attached hydrogen (secondary N) is 4. The van der Waals surface area contributed by atoms with Gasteiger partial charge in [0.1, 0.15) is 35.7 Å². The molecule has 11 rings (SSSR count). The predicted molar refractivity (Wildman–Crippen MR) is 256 cm³/mol. The van der Waals surface area contributed by atoms with Crippen LogP contribution >= 0.6 is 0 Å². The number of piperazine rings is 1. The van der Waals surface area contributed by atoms with E-state index >= 15 is 8.78 Å². The number of piperidine rings is 1. The van der Waals surface area contributed by atoms with E-state index < -0.39 is 36.0 Å². The number of fused-ring (bicyclic) bond motifs is 6. The molecule has 3 aromatic carbocycles. The van der Waals surface area contributed by atoms with Crippen LogP contribution in [0.1, 0.15) is 80.5 Å². The molecule has 0 radical (unpaired) electrons. The maximum atomic E-state index is 17.2. The Balaban J connectivity index is 0.739. The summed E-state index contributed by atoms with van der Waals surface area (Å²) in [4.78, 5) is 64.6. The molecule has 17 nitrogen and oxygen atoms in total. The van der Waals surface area contributed by atoms with E-state index in [-0.39, 0.29) is 88.4 Å². The molecule has 0 saturated carbocycles. The van der Waals surface area contributed by atoms with Crippen molar-refractivity contribution in [3.63, 3.8) is 0 Å². The lowest BCUT2D eigenvalue weighted by Crippen LogP contribution is -2.54. The van der Waals surface area contributed by atoms with Gasteiger partial charge >= 0.3 is 11.8 Å². The van der Waals surface area contributed by atoms with E-state index in [0.29, 0.717) is 66.9 Å². The summed E-state index contributed by atoms with van der Waals surface area (Å²) in [5.74, 6) is 0.660. The average molecular weight is 957 g/mol. The van der Waals surface area contributed by atoms with E-state index in [9.17, 15) is 24.3 Å². The van der Waals surface area contributed by atoms with E-state index in [1.54, 1.807) is 13.2 Å². The van der Waals surface area contributed by atoms with Crippen LogP contribution in [0.15, 0.2) is 58.4 Å². The number of aliphatic imine (C=N–C) groups is 1. The lowest BCUT2D eigenvalue weighted by molar-refractivity contribution is -0.135. The number of amides is 3. The Morgan fingerprint density at radius 3 is 2.66 bits per heavy atom. The number of carbonyl (C=O) groups excluding carboxylic acids is 3. The molecule has 0 aliphatic carbocycles. The van der Waals surface area contributed by atoms with Crippen LogP contribution in [0.2, 0.25) is 0 Å². The van der Waals surface area contributed by atoms with Crippen molar-refractivity contribution in [2.24, 2.45) is 12.0 Å². The Bertz CT molecular complexity index is 3100. The summed E-state index contributed by atoms with van der Waals surface area (Å²) in [6.45, 7) is 3.07. The SMILES string of the molecule is C#Cc1c(F)ccc2cc(O)cc(-c3ncc4c(c3F)NC(OC[C@@]35CCCN3[C@H](COC(=O)NCCCc3ccc6c(c3)n(C)c(=O)n6C3CCC(=O)NC3=O)CC5)N=C4N3CC4CCC(C3)N4)c12. The van der Waals surface area contributed by atoms with Crippen molar-refractivity contribution in [1.82, 2.24) is 39.9 Å². The summed E-state index contributed by atoms with van der Waals surface area (Å²) in [5, 5.41) is 23.5. The van der Waals surface area contributed by atoms with Gasteiger partial charge in [-0.2, -0.15) is 0 Å². The van der Waals surface area contributed by atoms with Gasteiger partial charge in [-0.25, -0.2) is 23.4 Å². The molecule has 4 unspecified atom stereocenters. The van der Waals surface area contributed by atoms with Crippen LogP contribution in [0.25, 0.3) is 33.1 Å². The number of phenolic OH excluding ortho intramolecular Hbond substituents is 1. The number of benzene rings is 3. The normalized spacial score (nSPS) is 25.1. The van der Waals surface area contributed by atoms with Crippen LogP contribution in [0.3, 0.4) is 0 Å². The molecule has 70 heavy (non-hydrogen) atoms. The highest BCUT2D eigenvalue weighted by Gasteiger charge is 2.50. The van der Waals surface area contributed by atoms with Gasteiger partial charge in [-0.15, -0.1) is 6.42 Å². The molecule has 5 N–H and O–H groups in total. The van der Waals surface area contributed by atoms with E-state index in [2.05, 4.69) is 42.0 Å². The summed E-state index contributed by atoms with van der Waals surface area (Å²) in [6.07, 6.45) is 13.1. The van der Waals surface area contributed by atoms with Gasteiger partial charge in [0.2, 0.25) is 18.2 Å². The van der Waals surface area contributed by atoms with Crippen molar-refractivity contribution in [2.75, 3.05) is 44.7 Å². The first kappa shape index (κ1) is 45.6. The van der Waals surface area contributed by atoms with Crippen molar-refractivity contribution in [3.8, 4) is 29.4 Å². The summed E-state index contributed by atoms with van der Waals surface area (Å²) in [5.41, 5.74) is 2.22. The highest BCUT2D eigenvalue weighted by Crippen LogP contribution is 2.44. The molecule has 5 aromatic rings. The van der Waals surface area contributed by atoms with Crippen LogP contribution in [0.4, 0.5) is 19.3 Å². The lowest BCUT2D eigenvalue weighted by Gasteiger charge is -2.39. The first-order valence-corrected chi connectivity index (χ1v) is 24.2. The largest absolute Gasteiger partial charge is 0.508 e. The molecule has 364 valence electrons. The number of carbonyl (C=O) groups is 3. The number of halogens is 2. The summed E-state index contributed by atoms with van der Waals surface area (Å²) in [7, 11) is 1.66. The van der Waals surface area contributed by atoms with Gasteiger partial charge in [-0.05, 0) is 106 Å². The monoisotopic (exact) mass is 956 g/mol. The van der Waals surface area contributed by atoms with E-state index in [1.807, 2.05) is 18.2 Å². The summed E-state index contributed by atoms with van der Waals surface area (Å²) < 4.78 is 47.7. The number of hydrogen-bond donors (Lipinski definition) is 5. The molecule has 6 aliphatic heterocycles. The number of pyridine rings is 1. The average Bonchev–Trinajstić information content (AvgIpc) is 4.09. The number of aromatic hydroxyl groups is 1. The van der Waals surface area contributed by atoms with Crippen molar-refractivity contribution >= 4 is 51.2 Å². The zero-order chi connectivity index (χ0) is 48.4. The number of hydrogen-bond acceptors (Lipinski definition) is 13. The number of imide groups is 1. The Morgan fingerprint density at radius 2 is 1.86 bits per heavy atom. The minimum atomic E-state index is -0.954. The number of alkyl carbamates (subject to hydrolysis) is 1. The number of amidine groups is 1. The van der Waals surface area contributed by atoms with Crippen molar-refractivity contribution in [3.05, 3.63) is 87.5 Å². The van der Waals surface area contributed by atoms with Crippen molar-refractivity contribution < 1.29 is 37.7 Å². The number of terminal acetylenes is 1. The van der Waals surface area contributed by atoms with E-state index in [1.165, 1.54) is 33.4 Å². The first-order chi connectivity index (χ1) is 33.9. The van der Waals surface area contributed by atoms with Gasteiger partial charge in [-0.1, -0.05) is 18.1 Å². The molecule has 19 heteroatoms. The molecule has 8 heterocycles. The van der Waals surface area contributed by atoms with Crippen LogP contribution in [-0.2, 0) is 32.5 Å². The Morgan fingerprint density at radius 1 is 1.03 bits per heavy atom. The number of phenols is 1. The Kier molecular flexibility index (Phi) is 11.8. The van der Waals surface area contributed by atoms with Gasteiger partial charge in [0.05, 0.1) is 34.5 Å². The third-order valence-corrected chi connectivity index (χ3v) is 15.3. The van der Waals surface area contributed by atoms with E-state index in [4.69, 9.17) is 20.9 Å². The van der Waals surface area contributed by atoms with Crippen LogP contribution in [0.5, 0.6) is 5.75 Å². The molecular formula is C51H54F2N10O7. The van der Waals surface area contributed by atoms with Crippen LogP contribution in [0, 0.1) is 24.0 Å². The first-order valence-electron chi connectivity index (χ1n) is 24.2. The van der Waals surface area contributed by atoms with Gasteiger partial charge < -0.3 is 35.4 Å². The molecule has 5 fully saturated rings. The maximum Gasteiger partial charge on any atom is 0.407 e. The Labute approximate surface area is 401 Å². The lowest BCUT2D eigenvalue weighted by atomic mass is 9.95. The quantitative estimate of drug-likeness (QED) is 0.0693. The van der Waals surface area contributed by atoms with Crippen molar-refractivity contribution in [2.45, 2.75) is 100 Å². The maximum absolute atomic E-state index is 17.2. The number of imidazole rings is 1. The number of rotatable bonds is 11. The smallest absolute Gasteiger partial charge is 0.407 e. The number of aromatic nitrogens is 3. The number of nitrogens with zero attached hydrogens (tertiary/aromatic N) is 6. The van der Waals surface area contributed by atoms with Gasteiger partial charge in [0.15, 0.2) is 5.82 Å². The number of aryl methyl sites for hydroxylation is 2. The molecule has 5 saturated heterocycles. The fourth-order valence-electron chi connectivity index (χ4n) is 11.9. The van der Waals surface area contributed by atoms with Crippen LogP contribution < -0.4 is 27.0 Å². The third-order valence-electron chi connectivity index (χ3n) is 15.3. The molecule has 6 aliphatic rings. The highest BCUT2D eigenvalue weighted by atomic mass is 19.1. The molecule has 6 atom stereocenters. The minimum Gasteiger partial charge on any atom is -0.508 e. The molecule has 0 spiro atoms. The molecule has 2 aromatic heterocycles. The summed E-state index contributed by atoms with van der Waals surface area (Å²) >= 11 is 0. The van der Waals surface area contributed by atoms with Gasteiger partial charge in [0, 0.05) is 73.9 Å². The third kappa shape index (κ3) is 8.10. The second kappa shape index (κ2) is 18.1. The van der Waals surface area contributed by atoms with Gasteiger partial charge in [-0.3, -0.25) is 33.9 Å². The van der Waals surface area contributed by atoms with Crippen LogP contribution in [-0.4, -0.2) is 122 Å². The second-order valence-corrected chi connectivity index (χ2v) is 19.5. The number of anilines is 1. The molecule has 3 amide bonds. The predicted octanol–water partition coefficient (Wildman–Crippen LogP) is 4.76. The Hall–Kier alpha value is -6.88. The standard InChI is InChI=1S/C51H54F2N10O7/c1-3-34-37(52)11-8-29-21-33(64)22-35(42(29)34)44-43(53)45-36(23-55-44)46(61-24-30-9-10-31(25-61)56-30)59-48(58-45)70-27-51-16-5-19-62(51)32(15-17-51)26-69-49(67)54-18-4-6-28-7-12-38-40(20-28)60(2)50(68)63(38)39-13-14-41(65)57-47(39)66/h1,7-8,11-12,20-23,30-32,39,48,56,58,64H,4-6,9-10,13-19,24-27H2,2H3,(H,54,67)(H,57,65,66)/t30?,31?,32-,39?,48?,51-/m0/s1. The fourth-order valence-corrected chi connectivity index (χ4v) is 11.9. The summed E-state index contributed by atoms with van der Waals surface area (Å²) in [6, 6.07) is 10.9. The minimum absolute atomic E-state index is 0.0148. The number of ether oxygens (including phenoxy) is 2. The van der Waals surface area contributed by atoms with Gasteiger partial charge in [0.25, 0.3) is 0 Å². The fraction of sp³-hybridized carbons (Fsp3) is 0.451.